The van der Waals surface area contributed by atoms with Crippen molar-refractivity contribution in [2.24, 2.45) is 10.9 Å². The van der Waals surface area contributed by atoms with E-state index in [0.717, 1.165) is 18.4 Å². The standard InChI is InChI=1S/C9H17N3/c1-7-6-12-5-3-4-10-9(12)11-8(7)2/h7-8H,3-6H2,1-2H3,(H,10,11). The van der Waals surface area contributed by atoms with Crippen molar-refractivity contribution in [3.05, 3.63) is 0 Å². The first-order valence-corrected chi connectivity index (χ1v) is 4.83. The summed E-state index contributed by atoms with van der Waals surface area (Å²) in [5, 5.41) is 3.44. The normalized spacial score (nSPS) is 35.2. The minimum atomic E-state index is 0.582. The number of hydrogen-bond acceptors (Lipinski definition) is 3. The lowest BCUT2D eigenvalue weighted by molar-refractivity contribution is 0.252. The Balaban J connectivity index is 2.10. The molecule has 12 heavy (non-hydrogen) atoms. The first-order chi connectivity index (χ1) is 5.77. The molecule has 2 atom stereocenters. The van der Waals surface area contributed by atoms with E-state index in [2.05, 4.69) is 29.1 Å². The molecule has 1 saturated heterocycles. The summed E-state index contributed by atoms with van der Waals surface area (Å²) in [6.07, 6.45) is 1.21. The molecule has 3 heteroatoms. The largest absolute Gasteiger partial charge is 0.353 e. The molecule has 1 N–H and O–H groups in total. The van der Waals surface area contributed by atoms with Gasteiger partial charge in [-0.25, -0.2) is 0 Å². The van der Waals surface area contributed by atoms with E-state index >= 15 is 0 Å². The molecule has 0 amide bonds. The number of nitrogens with one attached hydrogen (secondary N) is 1. The Kier molecular flexibility index (Phi) is 1.95. The zero-order valence-corrected chi connectivity index (χ0v) is 7.88. The highest BCUT2D eigenvalue weighted by atomic mass is 15.3. The van der Waals surface area contributed by atoms with Crippen LogP contribution in [-0.4, -0.2) is 36.5 Å². The van der Waals surface area contributed by atoms with Crippen molar-refractivity contribution in [2.75, 3.05) is 19.6 Å². The molecular weight excluding hydrogens is 150 g/mol. The Hall–Kier alpha value is -0.730. The monoisotopic (exact) mass is 167 g/mol. The van der Waals surface area contributed by atoms with Crippen molar-refractivity contribution in [1.29, 1.82) is 0 Å². The van der Waals surface area contributed by atoms with E-state index in [0.29, 0.717) is 6.04 Å². The summed E-state index contributed by atoms with van der Waals surface area (Å²) in [6, 6.07) is 0.582. The van der Waals surface area contributed by atoms with Gasteiger partial charge in [-0.15, -0.1) is 0 Å². The summed E-state index contributed by atoms with van der Waals surface area (Å²) in [5.74, 6) is 1.87. The molecule has 0 aromatic rings. The van der Waals surface area contributed by atoms with Crippen LogP contribution < -0.4 is 5.32 Å². The number of aliphatic imine (C=N–C) groups is 1. The summed E-state index contributed by atoms with van der Waals surface area (Å²) in [7, 11) is 0. The van der Waals surface area contributed by atoms with Crippen LogP contribution in [-0.2, 0) is 0 Å². The predicted octanol–water partition coefficient (Wildman–Crippen LogP) is 0.676. The second-order valence-corrected chi connectivity index (χ2v) is 3.92. The molecule has 2 rings (SSSR count). The van der Waals surface area contributed by atoms with Crippen LogP contribution in [0.2, 0.25) is 0 Å². The average molecular weight is 167 g/mol. The number of nitrogens with zero attached hydrogens (tertiary/aromatic N) is 2. The van der Waals surface area contributed by atoms with E-state index in [1.54, 1.807) is 0 Å². The van der Waals surface area contributed by atoms with E-state index in [-0.39, 0.29) is 0 Å². The Morgan fingerprint density at radius 3 is 3.17 bits per heavy atom. The van der Waals surface area contributed by atoms with E-state index in [9.17, 15) is 0 Å². The first kappa shape index (κ1) is 7.90. The van der Waals surface area contributed by atoms with Crippen LogP contribution in [0.3, 0.4) is 0 Å². The fraction of sp³-hybridized carbons (Fsp3) is 0.889. The molecule has 0 radical (unpaired) electrons. The Morgan fingerprint density at radius 1 is 1.50 bits per heavy atom. The summed E-state index contributed by atoms with van der Waals surface area (Å²) < 4.78 is 0. The van der Waals surface area contributed by atoms with Gasteiger partial charge in [0.1, 0.15) is 0 Å². The molecule has 0 aromatic carbocycles. The van der Waals surface area contributed by atoms with Crippen LogP contribution in [0.4, 0.5) is 0 Å². The zero-order chi connectivity index (χ0) is 8.55. The van der Waals surface area contributed by atoms with E-state index in [4.69, 9.17) is 0 Å². The summed E-state index contributed by atoms with van der Waals surface area (Å²) in [6.45, 7) is 7.89. The SMILES string of the molecule is CC1CN2CCCN=C2NC1C. The van der Waals surface area contributed by atoms with Crippen LogP contribution >= 0.6 is 0 Å². The van der Waals surface area contributed by atoms with Crippen LogP contribution in [0.15, 0.2) is 4.99 Å². The number of guanidine groups is 1. The lowest BCUT2D eigenvalue weighted by atomic mass is 10.0. The average Bonchev–Trinajstić information content (AvgIpc) is 2.07. The Labute approximate surface area is 73.9 Å². The molecule has 2 aliphatic rings. The third kappa shape index (κ3) is 1.28. The van der Waals surface area contributed by atoms with Gasteiger partial charge in [0.15, 0.2) is 5.96 Å². The van der Waals surface area contributed by atoms with Crippen LogP contribution in [0, 0.1) is 5.92 Å². The highest BCUT2D eigenvalue weighted by Gasteiger charge is 2.27. The van der Waals surface area contributed by atoms with Crippen LogP contribution in [0.5, 0.6) is 0 Å². The van der Waals surface area contributed by atoms with Gasteiger partial charge in [0.05, 0.1) is 0 Å². The highest BCUT2D eigenvalue weighted by Crippen LogP contribution is 2.14. The highest BCUT2D eigenvalue weighted by molar-refractivity contribution is 5.81. The lowest BCUT2D eigenvalue weighted by Gasteiger charge is -2.40. The fourth-order valence-corrected chi connectivity index (χ4v) is 1.82. The number of rotatable bonds is 0. The van der Waals surface area contributed by atoms with E-state index < -0.39 is 0 Å². The quantitative estimate of drug-likeness (QED) is 0.574. The molecular formula is C9H17N3. The maximum Gasteiger partial charge on any atom is 0.194 e. The number of hydrogen-bond donors (Lipinski definition) is 1. The van der Waals surface area contributed by atoms with Gasteiger partial charge in [0.2, 0.25) is 0 Å². The van der Waals surface area contributed by atoms with Crippen molar-refractivity contribution < 1.29 is 0 Å². The van der Waals surface area contributed by atoms with Crippen LogP contribution in [0.1, 0.15) is 20.3 Å². The summed E-state index contributed by atoms with van der Waals surface area (Å²) in [4.78, 5) is 6.84. The third-order valence-electron chi connectivity index (χ3n) is 2.87. The smallest absolute Gasteiger partial charge is 0.194 e. The second kappa shape index (κ2) is 2.96. The Bertz CT molecular complexity index is 200. The summed E-state index contributed by atoms with van der Waals surface area (Å²) >= 11 is 0. The molecule has 1 fully saturated rings. The molecule has 0 aromatic heterocycles. The van der Waals surface area contributed by atoms with Crippen LogP contribution in [0.25, 0.3) is 0 Å². The molecule has 3 nitrogen and oxygen atoms in total. The molecule has 68 valence electrons. The van der Waals surface area contributed by atoms with Gasteiger partial charge in [-0.05, 0) is 19.3 Å². The maximum atomic E-state index is 4.47. The minimum absolute atomic E-state index is 0.582. The van der Waals surface area contributed by atoms with Gasteiger partial charge in [-0.1, -0.05) is 6.92 Å². The van der Waals surface area contributed by atoms with Gasteiger partial charge >= 0.3 is 0 Å². The van der Waals surface area contributed by atoms with Crippen molar-refractivity contribution in [3.8, 4) is 0 Å². The minimum Gasteiger partial charge on any atom is -0.353 e. The van der Waals surface area contributed by atoms with Crippen molar-refractivity contribution in [2.45, 2.75) is 26.3 Å². The lowest BCUT2D eigenvalue weighted by Crippen LogP contribution is -2.57. The van der Waals surface area contributed by atoms with Gasteiger partial charge in [-0.2, -0.15) is 0 Å². The van der Waals surface area contributed by atoms with Crippen molar-refractivity contribution in [3.63, 3.8) is 0 Å². The maximum absolute atomic E-state index is 4.47. The first-order valence-electron chi connectivity index (χ1n) is 4.83. The molecule has 0 bridgehead atoms. The fourth-order valence-electron chi connectivity index (χ4n) is 1.82. The van der Waals surface area contributed by atoms with E-state index in [1.165, 1.54) is 19.5 Å². The predicted molar refractivity (Wildman–Crippen MR) is 50.3 cm³/mol. The van der Waals surface area contributed by atoms with Crippen molar-refractivity contribution >= 4 is 5.96 Å². The van der Waals surface area contributed by atoms with Gasteiger partial charge in [0.25, 0.3) is 0 Å². The molecule has 2 heterocycles. The molecule has 0 aliphatic carbocycles. The van der Waals surface area contributed by atoms with Crippen molar-refractivity contribution in [1.82, 2.24) is 10.2 Å². The topological polar surface area (TPSA) is 27.6 Å². The summed E-state index contributed by atoms with van der Waals surface area (Å²) in [5.41, 5.74) is 0. The Morgan fingerprint density at radius 2 is 2.33 bits per heavy atom. The molecule has 0 saturated carbocycles. The van der Waals surface area contributed by atoms with Gasteiger partial charge in [-0.3, -0.25) is 4.99 Å². The molecule has 0 spiro atoms. The third-order valence-corrected chi connectivity index (χ3v) is 2.87. The van der Waals surface area contributed by atoms with Gasteiger partial charge in [0, 0.05) is 25.7 Å². The van der Waals surface area contributed by atoms with Gasteiger partial charge < -0.3 is 10.2 Å². The number of fused-ring (bicyclic) bond motifs is 1. The van der Waals surface area contributed by atoms with E-state index in [1.807, 2.05) is 0 Å². The zero-order valence-electron chi connectivity index (χ0n) is 7.88. The molecule has 2 unspecified atom stereocenters. The molecule has 2 aliphatic heterocycles. The second-order valence-electron chi connectivity index (χ2n) is 3.92.